The Morgan fingerprint density at radius 3 is 2.27 bits per heavy atom. The third-order valence-corrected chi connectivity index (χ3v) is 6.11. The molecule has 0 bridgehead atoms. The number of thiazole rings is 1. The van der Waals surface area contributed by atoms with E-state index in [-0.39, 0.29) is 5.56 Å². The Morgan fingerprint density at radius 1 is 0.967 bits per heavy atom. The van der Waals surface area contributed by atoms with Crippen molar-refractivity contribution in [3.63, 3.8) is 0 Å². The van der Waals surface area contributed by atoms with E-state index in [0.717, 1.165) is 5.56 Å². The summed E-state index contributed by atoms with van der Waals surface area (Å²) in [6.45, 7) is 0. The van der Waals surface area contributed by atoms with Crippen LogP contribution in [0.2, 0.25) is 10.0 Å². The minimum Gasteiger partial charge on any atom is -0.493 e. The van der Waals surface area contributed by atoms with E-state index in [1.54, 1.807) is 36.4 Å². The number of hydrogen-bond donors (Lipinski definition) is 0. The van der Waals surface area contributed by atoms with Gasteiger partial charge in [0.1, 0.15) is 0 Å². The molecule has 0 saturated heterocycles. The van der Waals surface area contributed by atoms with Crippen LogP contribution in [0.25, 0.3) is 22.4 Å². The molecule has 7 nitrogen and oxygen atoms in total. The van der Waals surface area contributed by atoms with Gasteiger partial charge in [0.2, 0.25) is 10.7 Å². The third kappa shape index (κ3) is 3.47. The zero-order chi connectivity index (χ0) is 21.4. The first-order chi connectivity index (χ1) is 14.5. The quantitative estimate of drug-likeness (QED) is 0.449. The van der Waals surface area contributed by atoms with Crippen LogP contribution in [0.5, 0.6) is 17.2 Å². The summed E-state index contributed by atoms with van der Waals surface area (Å²) in [5.41, 5.74) is 1.12. The summed E-state index contributed by atoms with van der Waals surface area (Å²) in [4.78, 5) is 13.6. The molecule has 154 valence electrons. The van der Waals surface area contributed by atoms with Crippen molar-refractivity contribution in [2.24, 2.45) is 0 Å². The Bertz CT molecular complexity index is 1340. The summed E-state index contributed by atoms with van der Waals surface area (Å²) in [7, 11) is 4.57. The molecule has 2 aromatic carbocycles. The number of aromatic nitrogens is 3. The molecular weight excluding hydrogens is 449 g/mol. The van der Waals surface area contributed by atoms with Crippen molar-refractivity contribution in [2.45, 2.75) is 0 Å². The summed E-state index contributed by atoms with van der Waals surface area (Å²) in [5, 5.41) is 9.21. The van der Waals surface area contributed by atoms with Crippen LogP contribution in [0.4, 0.5) is 0 Å². The maximum absolute atomic E-state index is 13.1. The van der Waals surface area contributed by atoms with Gasteiger partial charge in [-0.3, -0.25) is 4.79 Å². The fourth-order valence-corrected chi connectivity index (χ4v) is 4.23. The fraction of sp³-hybridized carbons (Fsp3) is 0.150. The van der Waals surface area contributed by atoms with Gasteiger partial charge in [0, 0.05) is 5.56 Å². The Labute approximate surface area is 185 Å². The SMILES string of the molecule is COc1cc(-c2nnc3s/c(=C\c4ccc(Cl)c(Cl)c4)c(=O)n23)cc(OC)c1OC. The molecule has 0 unspecified atom stereocenters. The number of rotatable bonds is 5. The Morgan fingerprint density at radius 2 is 1.67 bits per heavy atom. The van der Waals surface area contributed by atoms with E-state index in [4.69, 9.17) is 37.4 Å². The number of methoxy groups -OCH3 is 3. The summed E-state index contributed by atoms with van der Waals surface area (Å²) in [6, 6.07) is 8.61. The van der Waals surface area contributed by atoms with Crippen LogP contribution in [0.15, 0.2) is 35.1 Å². The van der Waals surface area contributed by atoms with Crippen LogP contribution in [0, 0.1) is 0 Å². The number of halogens is 2. The molecule has 0 fully saturated rings. The van der Waals surface area contributed by atoms with Crippen molar-refractivity contribution >= 4 is 45.6 Å². The van der Waals surface area contributed by atoms with Gasteiger partial charge in [-0.1, -0.05) is 40.6 Å². The predicted molar refractivity (Wildman–Crippen MR) is 117 cm³/mol. The van der Waals surface area contributed by atoms with Crippen LogP contribution in [0.3, 0.4) is 0 Å². The normalized spacial score (nSPS) is 11.8. The highest BCUT2D eigenvalue weighted by Crippen LogP contribution is 2.40. The van der Waals surface area contributed by atoms with Crippen LogP contribution in [0.1, 0.15) is 5.56 Å². The van der Waals surface area contributed by atoms with Crippen molar-refractivity contribution in [2.75, 3.05) is 21.3 Å². The molecule has 0 atom stereocenters. The van der Waals surface area contributed by atoms with E-state index in [9.17, 15) is 4.79 Å². The minimum atomic E-state index is -0.241. The topological polar surface area (TPSA) is 75.0 Å². The molecule has 10 heteroatoms. The van der Waals surface area contributed by atoms with Gasteiger partial charge in [0.05, 0.1) is 35.9 Å². The molecule has 0 aliphatic rings. The zero-order valence-electron chi connectivity index (χ0n) is 16.1. The van der Waals surface area contributed by atoms with E-state index in [0.29, 0.717) is 48.2 Å². The first-order valence-electron chi connectivity index (χ1n) is 8.62. The van der Waals surface area contributed by atoms with Gasteiger partial charge in [-0.2, -0.15) is 0 Å². The summed E-state index contributed by atoms with van der Waals surface area (Å²) < 4.78 is 18.1. The highest BCUT2D eigenvalue weighted by molar-refractivity contribution is 7.15. The van der Waals surface area contributed by atoms with Gasteiger partial charge in [-0.15, -0.1) is 10.2 Å². The molecule has 2 aromatic heterocycles. The van der Waals surface area contributed by atoms with Gasteiger partial charge in [-0.05, 0) is 35.9 Å². The molecule has 0 aliphatic heterocycles. The second kappa shape index (κ2) is 8.14. The lowest BCUT2D eigenvalue weighted by Gasteiger charge is -2.13. The van der Waals surface area contributed by atoms with E-state index in [1.807, 2.05) is 0 Å². The number of hydrogen-bond acceptors (Lipinski definition) is 7. The average Bonchev–Trinajstić information content (AvgIpc) is 3.30. The lowest BCUT2D eigenvalue weighted by molar-refractivity contribution is 0.324. The standard InChI is InChI=1S/C20H15Cl2N3O4S/c1-27-14-8-11(9-15(28-2)17(14)29-3)18-23-24-20-25(18)19(26)16(30-20)7-10-4-5-12(21)13(22)6-10/h4-9H,1-3H3/b16-7-. The van der Waals surface area contributed by atoms with Crippen molar-refractivity contribution in [1.82, 2.24) is 14.6 Å². The number of ether oxygens (including phenoxy) is 3. The van der Waals surface area contributed by atoms with E-state index in [2.05, 4.69) is 10.2 Å². The molecular formula is C20H15Cl2N3O4S. The number of benzene rings is 2. The molecule has 4 aromatic rings. The molecule has 0 amide bonds. The van der Waals surface area contributed by atoms with Crippen LogP contribution in [-0.4, -0.2) is 35.9 Å². The second-order valence-electron chi connectivity index (χ2n) is 6.14. The summed E-state index contributed by atoms with van der Waals surface area (Å²) in [5.74, 6) is 1.73. The van der Waals surface area contributed by atoms with Gasteiger partial charge in [-0.25, -0.2) is 4.40 Å². The second-order valence-corrected chi connectivity index (χ2v) is 7.97. The van der Waals surface area contributed by atoms with E-state index >= 15 is 0 Å². The highest BCUT2D eigenvalue weighted by atomic mass is 35.5. The molecule has 0 spiro atoms. The van der Waals surface area contributed by atoms with Gasteiger partial charge >= 0.3 is 0 Å². The molecule has 30 heavy (non-hydrogen) atoms. The van der Waals surface area contributed by atoms with Crippen molar-refractivity contribution in [3.05, 3.63) is 60.8 Å². The third-order valence-electron chi connectivity index (χ3n) is 4.41. The van der Waals surface area contributed by atoms with Crippen LogP contribution >= 0.6 is 34.5 Å². The molecule has 4 rings (SSSR count). The lowest BCUT2D eigenvalue weighted by Crippen LogP contribution is -2.23. The Hall–Kier alpha value is -2.81. The molecule has 2 heterocycles. The monoisotopic (exact) mass is 463 g/mol. The largest absolute Gasteiger partial charge is 0.493 e. The van der Waals surface area contributed by atoms with Crippen LogP contribution < -0.4 is 24.3 Å². The number of fused-ring (bicyclic) bond motifs is 1. The maximum Gasteiger partial charge on any atom is 0.276 e. The average molecular weight is 464 g/mol. The molecule has 0 aliphatic carbocycles. The minimum absolute atomic E-state index is 0.241. The van der Waals surface area contributed by atoms with E-state index in [1.165, 1.54) is 37.1 Å². The summed E-state index contributed by atoms with van der Waals surface area (Å²) in [6.07, 6.45) is 1.74. The van der Waals surface area contributed by atoms with Gasteiger partial charge < -0.3 is 14.2 Å². The lowest BCUT2D eigenvalue weighted by atomic mass is 10.1. The smallest absolute Gasteiger partial charge is 0.276 e. The Kier molecular flexibility index (Phi) is 5.55. The maximum atomic E-state index is 13.1. The predicted octanol–water partition coefficient (Wildman–Crippen LogP) is 3.70. The Balaban J connectivity index is 1.90. The van der Waals surface area contributed by atoms with Crippen molar-refractivity contribution < 1.29 is 14.2 Å². The molecule has 0 saturated carbocycles. The highest BCUT2D eigenvalue weighted by Gasteiger charge is 2.19. The summed E-state index contributed by atoms with van der Waals surface area (Å²) >= 11 is 13.3. The zero-order valence-corrected chi connectivity index (χ0v) is 18.4. The van der Waals surface area contributed by atoms with E-state index < -0.39 is 0 Å². The van der Waals surface area contributed by atoms with Crippen LogP contribution in [-0.2, 0) is 0 Å². The molecule has 0 N–H and O–H groups in total. The first kappa shape index (κ1) is 20.5. The number of nitrogens with zero attached hydrogens (tertiary/aromatic N) is 3. The first-order valence-corrected chi connectivity index (χ1v) is 10.2. The molecule has 0 radical (unpaired) electrons. The van der Waals surface area contributed by atoms with Gasteiger partial charge in [0.15, 0.2) is 17.3 Å². The van der Waals surface area contributed by atoms with Gasteiger partial charge in [0.25, 0.3) is 5.56 Å². The fourth-order valence-electron chi connectivity index (χ4n) is 3.01. The van der Waals surface area contributed by atoms with Crippen molar-refractivity contribution in [1.29, 1.82) is 0 Å². The van der Waals surface area contributed by atoms with Crippen molar-refractivity contribution in [3.8, 4) is 28.6 Å².